The monoisotopic (exact) mass is 732 g/mol. The minimum Gasteiger partial charge on any atom is -0.453 e. The molecule has 4 amide bonds. The third-order valence-electron chi connectivity index (χ3n) is 9.14. The lowest BCUT2D eigenvalue weighted by Gasteiger charge is -2.21. The van der Waals surface area contributed by atoms with E-state index < -0.39 is 12.2 Å². The fraction of sp³-hybridized carbons (Fsp3) is 0.300. The maximum atomic E-state index is 12.8. The van der Waals surface area contributed by atoms with Gasteiger partial charge in [0.25, 0.3) is 0 Å². The van der Waals surface area contributed by atoms with Crippen molar-refractivity contribution in [2.24, 2.45) is 0 Å². The predicted molar refractivity (Wildman–Crippen MR) is 206 cm³/mol. The molecule has 14 heteroatoms. The Hall–Kier alpha value is -6.44. The molecule has 0 bridgehead atoms. The summed E-state index contributed by atoms with van der Waals surface area (Å²) < 4.78 is 9.15. The fourth-order valence-corrected chi connectivity index (χ4v) is 6.44. The summed E-state index contributed by atoms with van der Waals surface area (Å²) in [5.41, 5.74) is 5.69. The topological polar surface area (TPSA) is 175 Å². The smallest absolute Gasteiger partial charge is 0.407 e. The molecule has 280 valence electrons. The van der Waals surface area contributed by atoms with Gasteiger partial charge in [-0.3, -0.25) is 9.59 Å². The van der Waals surface area contributed by atoms with Gasteiger partial charge >= 0.3 is 12.2 Å². The van der Waals surface area contributed by atoms with E-state index in [1.54, 1.807) is 16.0 Å². The van der Waals surface area contributed by atoms with Crippen LogP contribution in [0.2, 0.25) is 0 Å². The summed E-state index contributed by atoms with van der Waals surface area (Å²) in [5.74, 6) is 0.884. The third kappa shape index (κ3) is 8.60. The molecule has 0 fully saturated rings. The quantitative estimate of drug-likeness (QED) is 0.104. The number of H-pyrrole nitrogens is 2. The van der Waals surface area contributed by atoms with Crippen LogP contribution in [0.25, 0.3) is 55.0 Å². The van der Waals surface area contributed by atoms with Gasteiger partial charge in [0, 0.05) is 24.0 Å². The lowest BCUT2D eigenvalue weighted by Crippen LogP contribution is -2.40. The summed E-state index contributed by atoms with van der Waals surface area (Å²) in [6.07, 6.45) is 2.00. The highest BCUT2D eigenvalue weighted by molar-refractivity contribution is 6.05. The summed E-state index contributed by atoms with van der Waals surface area (Å²) in [6.45, 7) is 5.33. The van der Waals surface area contributed by atoms with Crippen LogP contribution in [0.3, 0.4) is 0 Å². The second-order valence-electron chi connectivity index (χ2n) is 12.9. The van der Waals surface area contributed by atoms with Gasteiger partial charge in [-0.1, -0.05) is 56.3 Å². The molecule has 2 heterocycles. The van der Waals surface area contributed by atoms with E-state index in [-0.39, 0.29) is 24.9 Å². The molecule has 0 atom stereocenters. The van der Waals surface area contributed by atoms with E-state index in [4.69, 9.17) is 4.98 Å². The summed E-state index contributed by atoms with van der Waals surface area (Å²) >= 11 is 0. The number of nitrogens with one attached hydrogen (secondary N) is 4. The maximum absolute atomic E-state index is 12.8. The van der Waals surface area contributed by atoms with Crippen molar-refractivity contribution in [3.63, 3.8) is 0 Å². The zero-order chi connectivity index (χ0) is 38.2. The number of hydrogen-bond donors (Lipinski definition) is 4. The predicted octanol–water partition coefficient (Wildman–Crippen LogP) is 6.12. The molecule has 0 radical (unpaired) electrons. The Balaban J connectivity index is 1.17. The number of hydrogen-bond acceptors (Lipinski definition) is 8. The Labute approximate surface area is 312 Å². The van der Waals surface area contributed by atoms with Crippen molar-refractivity contribution >= 4 is 56.6 Å². The first-order chi connectivity index (χ1) is 26.2. The van der Waals surface area contributed by atoms with Gasteiger partial charge in [0.2, 0.25) is 11.8 Å². The lowest BCUT2D eigenvalue weighted by molar-refractivity contribution is -0.131. The molecule has 0 saturated heterocycles. The Morgan fingerprint density at radius 1 is 0.667 bits per heavy atom. The van der Waals surface area contributed by atoms with Crippen LogP contribution in [-0.2, 0) is 32.2 Å². The molecular weight excluding hydrogens is 688 g/mol. The van der Waals surface area contributed by atoms with E-state index in [0.717, 1.165) is 67.8 Å². The number of alkyl carbamates (subject to hydrolysis) is 2. The Kier molecular flexibility index (Phi) is 11.7. The number of amides is 4. The van der Waals surface area contributed by atoms with E-state index in [2.05, 4.69) is 95.7 Å². The number of carbonyl (C=O) groups is 4. The zero-order valence-corrected chi connectivity index (χ0v) is 30.8. The molecule has 4 N–H and O–H groups in total. The van der Waals surface area contributed by atoms with Gasteiger partial charge in [0.1, 0.15) is 24.7 Å². The highest BCUT2D eigenvalue weighted by Gasteiger charge is 2.19. The molecule has 0 unspecified atom stereocenters. The molecule has 0 aliphatic carbocycles. The Morgan fingerprint density at radius 2 is 1.20 bits per heavy atom. The zero-order valence-electron chi connectivity index (χ0n) is 30.8. The maximum Gasteiger partial charge on any atom is 0.407 e. The van der Waals surface area contributed by atoms with Gasteiger partial charge in [0.05, 0.1) is 50.2 Å². The van der Waals surface area contributed by atoms with E-state index in [0.29, 0.717) is 37.8 Å². The number of rotatable bonds is 14. The van der Waals surface area contributed by atoms with E-state index in [1.807, 2.05) is 19.9 Å². The number of carbonyl (C=O) groups excluding carboxylic acids is 4. The number of fused-ring (bicyclic) bond motifs is 4. The lowest BCUT2D eigenvalue weighted by atomic mass is 9.97. The van der Waals surface area contributed by atoms with Gasteiger partial charge in [-0.25, -0.2) is 19.6 Å². The highest BCUT2D eigenvalue weighted by atomic mass is 16.5. The average Bonchev–Trinajstić information content (AvgIpc) is 3.85. The Morgan fingerprint density at radius 3 is 1.81 bits per heavy atom. The van der Waals surface area contributed by atoms with Crippen molar-refractivity contribution in [1.29, 1.82) is 0 Å². The van der Waals surface area contributed by atoms with E-state index in [1.165, 1.54) is 14.2 Å². The molecule has 0 saturated carbocycles. The van der Waals surface area contributed by atoms with Crippen LogP contribution in [0.1, 0.15) is 38.3 Å². The highest BCUT2D eigenvalue weighted by Crippen LogP contribution is 2.32. The first kappa shape index (κ1) is 37.3. The number of nitrogens with zero attached hydrogens (tertiary/aromatic N) is 4. The van der Waals surface area contributed by atoms with Crippen LogP contribution in [0, 0.1) is 0 Å². The Bertz CT molecular complexity index is 2310. The van der Waals surface area contributed by atoms with Crippen LogP contribution < -0.4 is 10.6 Å². The molecular formula is C40H44N8O6. The molecule has 6 aromatic rings. The summed E-state index contributed by atoms with van der Waals surface area (Å²) in [4.78, 5) is 67.9. The van der Waals surface area contributed by atoms with Crippen LogP contribution in [0.15, 0.2) is 72.9 Å². The van der Waals surface area contributed by atoms with Crippen LogP contribution >= 0.6 is 0 Å². The number of benzene rings is 4. The molecule has 54 heavy (non-hydrogen) atoms. The summed E-state index contributed by atoms with van der Waals surface area (Å²) in [5, 5.41) is 9.12. The first-order valence-electron chi connectivity index (χ1n) is 17.9. The average molecular weight is 733 g/mol. The van der Waals surface area contributed by atoms with E-state index in [9.17, 15) is 19.2 Å². The minimum absolute atomic E-state index is 0.149. The number of ether oxygens (including phenoxy) is 2. The molecule has 0 aliphatic rings. The number of imidazole rings is 2. The van der Waals surface area contributed by atoms with Gasteiger partial charge in [-0.15, -0.1) is 0 Å². The van der Waals surface area contributed by atoms with Gasteiger partial charge < -0.3 is 39.9 Å². The first-order valence-corrected chi connectivity index (χ1v) is 17.9. The molecule has 0 aliphatic heterocycles. The normalized spacial score (nSPS) is 11.1. The van der Waals surface area contributed by atoms with Crippen LogP contribution in [-0.4, -0.2) is 94.1 Å². The van der Waals surface area contributed by atoms with Crippen molar-refractivity contribution in [2.45, 2.75) is 39.8 Å². The largest absolute Gasteiger partial charge is 0.453 e. The molecule has 4 aromatic carbocycles. The number of methoxy groups -OCH3 is 2. The second kappa shape index (κ2) is 16.9. The van der Waals surface area contributed by atoms with Gasteiger partial charge in [0.15, 0.2) is 0 Å². The molecule has 14 nitrogen and oxygen atoms in total. The van der Waals surface area contributed by atoms with Gasteiger partial charge in [-0.05, 0) is 64.4 Å². The molecule has 0 spiro atoms. The van der Waals surface area contributed by atoms with E-state index >= 15 is 0 Å². The van der Waals surface area contributed by atoms with Crippen LogP contribution in [0.5, 0.6) is 0 Å². The standard InChI is InChI=1S/C40H44N8O6/c1-5-15-47(36(49)21-42-39(51)53-3)23-34-41-20-33(45-34)30-10-9-26-17-25(7-8-27(26)19-30)28-11-13-31-29(18-28)12-14-32-38(31)46-35(44-32)24-48(16-6-2)37(50)22-43-40(52)54-4/h7-14,17-20H,5-6,15-16,21-24H2,1-4H3,(H,41,45)(H,42,51)(H,43,52)(H,44,46). The minimum atomic E-state index is -0.650. The summed E-state index contributed by atoms with van der Waals surface area (Å²) in [7, 11) is 2.52. The van der Waals surface area contributed by atoms with Crippen molar-refractivity contribution in [1.82, 2.24) is 40.4 Å². The SMILES string of the molecule is CCCN(Cc1ncc(-c2ccc3cc(-c4ccc5c(ccc6[nH]c(CN(CCC)C(=O)CNC(=O)OC)nc65)c4)ccc3c2)[nH]1)C(=O)CNC(=O)OC. The number of aromatic nitrogens is 4. The van der Waals surface area contributed by atoms with Crippen molar-refractivity contribution < 1.29 is 28.7 Å². The van der Waals surface area contributed by atoms with Gasteiger partial charge in [-0.2, -0.15) is 0 Å². The molecule has 2 aromatic heterocycles. The van der Waals surface area contributed by atoms with Crippen molar-refractivity contribution in [2.75, 3.05) is 40.4 Å². The second-order valence-corrected chi connectivity index (χ2v) is 12.9. The third-order valence-corrected chi connectivity index (χ3v) is 9.14. The van der Waals surface area contributed by atoms with Crippen molar-refractivity contribution in [3.8, 4) is 22.4 Å². The fourth-order valence-electron chi connectivity index (χ4n) is 6.44. The molecule has 6 rings (SSSR count). The number of aromatic amines is 2. The van der Waals surface area contributed by atoms with Crippen LogP contribution in [0.4, 0.5) is 9.59 Å². The summed E-state index contributed by atoms with van der Waals surface area (Å²) in [6, 6.07) is 23.1. The van der Waals surface area contributed by atoms with Crippen molar-refractivity contribution in [3.05, 3.63) is 84.6 Å².